The Morgan fingerprint density at radius 1 is 1.19 bits per heavy atom. The molecular weight excluding hydrogens is 292 g/mol. The average Bonchev–Trinajstić information content (AvgIpc) is 2.97. The van der Waals surface area contributed by atoms with Gasteiger partial charge in [-0.05, 0) is 30.5 Å². The number of hydrogen-bond acceptors (Lipinski definition) is 3. The van der Waals surface area contributed by atoms with Gasteiger partial charge in [-0.3, -0.25) is 9.59 Å². The van der Waals surface area contributed by atoms with Crippen LogP contribution in [0.25, 0.3) is 0 Å². The van der Waals surface area contributed by atoms with Gasteiger partial charge in [-0.2, -0.15) is 0 Å². The summed E-state index contributed by atoms with van der Waals surface area (Å²) in [5.41, 5.74) is 0.926. The first kappa shape index (κ1) is 15.8. The Hall–Kier alpha value is -1.55. The molecule has 0 bridgehead atoms. The van der Waals surface area contributed by atoms with E-state index in [0.717, 1.165) is 31.2 Å². The van der Waals surface area contributed by atoms with Crippen LogP contribution < -0.4 is 0 Å². The molecule has 2 rings (SSSR count). The van der Waals surface area contributed by atoms with E-state index in [-0.39, 0.29) is 18.9 Å². The van der Waals surface area contributed by atoms with Gasteiger partial charge in [-0.1, -0.05) is 36.6 Å². The maximum atomic E-state index is 11.8. The Labute approximate surface area is 129 Å². The van der Waals surface area contributed by atoms with E-state index < -0.39 is 11.9 Å². The highest BCUT2D eigenvalue weighted by molar-refractivity contribution is 6.30. The Kier molecular flexibility index (Phi) is 5.62. The zero-order chi connectivity index (χ0) is 15.2. The number of hydrogen-bond donors (Lipinski definition) is 1. The first-order valence-corrected chi connectivity index (χ1v) is 7.61. The van der Waals surface area contributed by atoms with Crippen molar-refractivity contribution < 1.29 is 19.4 Å². The number of esters is 1. The zero-order valence-electron chi connectivity index (χ0n) is 11.8. The molecule has 0 unspecified atom stereocenters. The number of carboxylic acid groups (broad SMARTS) is 1. The third-order valence-electron chi connectivity index (χ3n) is 3.83. The number of aliphatic carboxylic acids is 1. The number of rotatable bonds is 6. The number of benzene rings is 1. The molecule has 0 aromatic heterocycles. The van der Waals surface area contributed by atoms with Gasteiger partial charge in [-0.25, -0.2) is 0 Å². The van der Waals surface area contributed by atoms with E-state index in [1.54, 1.807) is 12.1 Å². The van der Waals surface area contributed by atoms with Crippen LogP contribution in [0.3, 0.4) is 0 Å². The van der Waals surface area contributed by atoms with Gasteiger partial charge >= 0.3 is 11.9 Å². The van der Waals surface area contributed by atoms with Gasteiger partial charge in [-0.15, -0.1) is 0 Å². The van der Waals surface area contributed by atoms with Crippen molar-refractivity contribution in [2.45, 2.75) is 44.6 Å². The van der Waals surface area contributed by atoms with Crippen LogP contribution in [0.2, 0.25) is 5.02 Å². The molecule has 1 aromatic rings. The van der Waals surface area contributed by atoms with Crippen LogP contribution in [-0.2, 0) is 14.3 Å². The molecule has 1 N–H and O–H groups in total. The normalized spacial score (nSPS) is 16.6. The standard InChI is InChI=1S/C16H19ClO4/c17-13-7-5-12(6-8-13)16(11-3-1-2-4-11)21-15(20)10-9-14(18)19/h5-8,11,16H,1-4,9-10H2,(H,18,19)/t16-/m0/s1. The van der Waals surface area contributed by atoms with Crippen LogP contribution in [-0.4, -0.2) is 17.0 Å². The highest BCUT2D eigenvalue weighted by Gasteiger charge is 2.29. The fraction of sp³-hybridized carbons (Fsp3) is 0.500. The summed E-state index contributed by atoms with van der Waals surface area (Å²) in [6, 6.07) is 7.31. The Morgan fingerprint density at radius 2 is 1.81 bits per heavy atom. The molecule has 1 saturated carbocycles. The van der Waals surface area contributed by atoms with E-state index in [1.807, 2.05) is 12.1 Å². The van der Waals surface area contributed by atoms with E-state index >= 15 is 0 Å². The molecule has 0 aliphatic heterocycles. The van der Waals surface area contributed by atoms with Crippen molar-refractivity contribution in [2.75, 3.05) is 0 Å². The summed E-state index contributed by atoms with van der Waals surface area (Å²) in [6.07, 6.45) is 3.75. The third kappa shape index (κ3) is 4.74. The summed E-state index contributed by atoms with van der Waals surface area (Å²) in [5.74, 6) is -1.14. The van der Waals surface area contributed by atoms with Crippen molar-refractivity contribution in [1.82, 2.24) is 0 Å². The topological polar surface area (TPSA) is 63.6 Å². The molecule has 1 aliphatic rings. The number of halogens is 1. The second-order valence-corrected chi connectivity index (χ2v) is 5.84. The molecule has 1 fully saturated rings. The molecule has 4 nitrogen and oxygen atoms in total. The number of ether oxygens (including phenoxy) is 1. The van der Waals surface area contributed by atoms with Crippen LogP contribution in [0.4, 0.5) is 0 Å². The fourth-order valence-corrected chi connectivity index (χ4v) is 2.88. The number of carboxylic acids is 1. The van der Waals surface area contributed by atoms with Gasteiger partial charge in [0.2, 0.25) is 0 Å². The van der Waals surface area contributed by atoms with E-state index in [2.05, 4.69) is 0 Å². The van der Waals surface area contributed by atoms with Crippen LogP contribution in [0.1, 0.15) is 50.2 Å². The molecule has 0 spiro atoms. The van der Waals surface area contributed by atoms with Gasteiger partial charge in [0.25, 0.3) is 0 Å². The maximum absolute atomic E-state index is 11.8. The largest absolute Gasteiger partial charge is 0.481 e. The first-order valence-electron chi connectivity index (χ1n) is 7.23. The lowest BCUT2D eigenvalue weighted by atomic mass is 9.94. The fourth-order valence-electron chi connectivity index (χ4n) is 2.76. The predicted molar refractivity (Wildman–Crippen MR) is 79.1 cm³/mol. The molecule has 1 atom stereocenters. The van der Waals surface area contributed by atoms with E-state index in [0.29, 0.717) is 10.9 Å². The highest BCUT2D eigenvalue weighted by atomic mass is 35.5. The number of carbonyl (C=O) groups is 2. The van der Waals surface area contributed by atoms with Crippen molar-refractivity contribution in [3.8, 4) is 0 Å². The minimum absolute atomic E-state index is 0.0911. The highest BCUT2D eigenvalue weighted by Crippen LogP contribution is 2.38. The van der Waals surface area contributed by atoms with E-state index in [1.165, 1.54) is 0 Å². The number of carbonyl (C=O) groups excluding carboxylic acids is 1. The second kappa shape index (κ2) is 7.46. The van der Waals surface area contributed by atoms with Gasteiger partial charge in [0.05, 0.1) is 12.8 Å². The summed E-state index contributed by atoms with van der Waals surface area (Å²) in [7, 11) is 0. The molecular formula is C16H19ClO4. The maximum Gasteiger partial charge on any atom is 0.306 e. The molecule has 0 saturated heterocycles. The zero-order valence-corrected chi connectivity index (χ0v) is 12.5. The average molecular weight is 311 g/mol. The van der Waals surface area contributed by atoms with Crippen LogP contribution >= 0.6 is 11.6 Å². The van der Waals surface area contributed by atoms with Crippen molar-refractivity contribution in [3.63, 3.8) is 0 Å². The minimum Gasteiger partial charge on any atom is -0.481 e. The summed E-state index contributed by atoms with van der Waals surface area (Å²) in [5, 5.41) is 9.27. The van der Waals surface area contributed by atoms with Crippen LogP contribution in [0.5, 0.6) is 0 Å². The summed E-state index contributed by atoms with van der Waals surface area (Å²) in [4.78, 5) is 22.4. The molecule has 0 radical (unpaired) electrons. The Bertz CT molecular complexity index is 492. The lowest BCUT2D eigenvalue weighted by Crippen LogP contribution is -2.18. The Balaban J connectivity index is 2.06. The smallest absolute Gasteiger partial charge is 0.306 e. The predicted octanol–water partition coefficient (Wildman–Crippen LogP) is 3.98. The van der Waals surface area contributed by atoms with Gasteiger partial charge in [0.1, 0.15) is 6.10 Å². The van der Waals surface area contributed by atoms with Gasteiger partial charge < -0.3 is 9.84 Å². The summed E-state index contributed by atoms with van der Waals surface area (Å²) in [6.45, 7) is 0. The molecule has 0 amide bonds. The first-order chi connectivity index (χ1) is 10.1. The molecule has 1 aliphatic carbocycles. The lowest BCUT2D eigenvalue weighted by Gasteiger charge is -2.24. The van der Waals surface area contributed by atoms with E-state index in [9.17, 15) is 9.59 Å². The van der Waals surface area contributed by atoms with Gasteiger partial charge in [0.15, 0.2) is 0 Å². The van der Waals surface area contributed by atoms with Gasteiger partial charge in [0, 0.05) is 10.9 Å². The minimum atomic E-state index is -0.990. The SMILES string of the molecule is O=C(O)CCC(=O)O[C@H](c1ccc(Cl)cc1)C1CCCC1. The molecule has 21 heavy (non-hydrogen) atoms. The van der Waals surface area contributed by atoms with E-state index in [4.69, 9.17) is 21.4 Å². The monoisotopic (exact) mass is 310 g/mol. The molecule has 0 heterocycles. The summed E-state index contributed by atoms with van der Waals surface area (Å²) >= 11 is 5.89. The quantitative estimate of drug-likeness (QED) is 0.807. The second-order valence-electron chi connectivity index (χ2n) is 5.40. The summed E-state index contributed by atoms with van der Waals surface area (Å²) < 4.78 is 5.57. The van der Waals surface area contributed by atoms with Crippen molar-refractivity contribution in [1.29, 1.82) is 0 Å². The van der Waals surface area contributed by atoms with Crippen LogP contribution in [0, 0.1) is 5.92 Å². The Morgan fingerprint density at radius 3 is 2.38 bits per heavy atom. The van der Waals surface area contributed by atoms with Crippen molar-refractivity contribution >= 4 is 23.5 Å². The third-order valence-corrected chi connectivity index (χ3v) is 4.08. The molecule has 5 heteroatoms. The van der Waals surface area contributed by atoms with Crippen molar-refractivity contribution in [3.05, 3.63) is 34.9 Å². The molecule has 1 aromatic carbocycles. The van der Waals surface area contributed by atoms with Crippen molar-refractivity contribution in [2.24, 2.45) is 5.92 Å². The van der Waals surface area contributed by atoms with Crippen LogP contribution in [0.15, 0.2) is 24.3 Å². The molecule has 114 valence electrons. The lowest BCUT2D eigenvalue weighted by molar-refractivity contribution is -0.154.